The Balaban J connectivity index is 2.14. The van der Waals surface area contributed by atoms with Crippen molar-refractivity contribution in [2.24, 2.45) is 0 Å². The summed E-state index contributed by atoms with van der Waals surface area (Å²) < 4.78 is 10.9. The SMILES string of the molecule is CCCCCC(CC)N1C(=O)c2ccc(OC)c3c(OC)ccc(c23)C1=O. The summed E-state index contributed by atoms with van der Waals surface area (Å²) >= 11 is 0. The van der Waals surface area contributed by atoms with Crippen LogP contribution in [0, 0.1) is 0 Å². The first kappa shape index (κ1) is 19.2. The van der Waals surface area contributed by atoms with E-state index >= 15 is 0 Å². The number of benzene rings is 2. The summed E-state index contributed by atoms with van der Waals surface area (Å²) in [4.78, 5) is 28.0. The number of unbranched alkanes of at least 4 members (excludes halogenated alkanes) is 2. The smallest absolute Gasteiger partial charge is 0.261 e. The lowest BCUT2D eigenvalue weighted by Crippen LogP contribution is -2.46. The molecule has 1 aliphatic heterocycles. The molecule has 2 aromatic carbocycles. The molecule has 0 bridgehead atoms. The van der Waals surface area contributed by atoms with E-state index in [9.17, 15) is 9.59 Å². The Bertz CT molecular complexity index is 815. The average molecular weight is 369 g/mol. The zero-order valence-electron chi connectivity index (χ0n) is 16.5. The largest absolute Gasteiger partial charge is 0.496 e. The van der Waals surface area contributed by atoms with Crippen LogP contribution in [0.4, 0.5) is 0 Å². The van der Waals surface area contributed by atoms with E-state index in [1.54, 1.807) is 38.5 Å². The molecule has 1 unspecified atom stereocenters. The molecule has 5 heteroatoms. The van der Waals surface area contributed by atoms with Crippen molar-refractivity contribution in [2.45, 2.75) is 52.0 Å². The van der Waals surface area contributed by atoms with Gasteiger partial charge in [-0.15, -0.1) is 0 Å². The predicted octanol–water partition coefficient (Wildman–Crippen LogP) is 4.81. The van der Waals surface area contributed by atoms with Gasteiger partial charge < -0.3 is 9.47 Å². The topological polar surface area (TPSA) is 55.8 Å². The molecule has 2 aromatic rings. The van der Waals surface area contributed by atoms with Crippen molar-refractivity contribution in [3.8, 4) is 11.5 Å². The molecule has 144 valence electrons. The second kappa shape index (κ2) is 7.99. The maximum Gasteiger partial charge on any atom is 0.261 e. The van der Waals surface area contributed by atoms with E-state index in [1.807, 2.05) is 6.92 Å². The molecule has 0 radical (unpaired) electrons. The van der Waals surface area contributed by atoms with E-state index in [-0.39, 0.29) is 17.9 Å². The third-order valence-electron chi connectivity index (χ3n) is 5.40. The van der Waals surface area contributed by atoms with Crippen LogP contribution >= 0.6 is 0 Å². The first-order valence-electron chi connectivity index (χ1n) is 9.64. The summed E-state index contributed by atoms with van der Waals surface area (Å²) in [6.45, 7) is 4.18. The fraction of sp³-hybridized carbons (Fsp3) is 0.455. The van der Waals surface area contributed by atoms with Gasteiger partial charge in [0, 0.05) is 22.6 Å². The van der Waals surface area contributed by atoms with Crippen molar-refractivity contribution in [1.82, 2.24) is 4.90 Å². The van der Waals surface area contributed by atoms with Crippen LogP contribution in [0.5, 0.6) is 11.5 Å². The van der Waals surface area contributed by atoms with Gasteiger partial charge in [-0.1, -0.05) is 33.1 Å². The van der Waals surface area contributed by atoms with E-state index in [0.29, 0.717) is 33.4 Å². The van der Waals surface area contributed by atoms with Crippen molar-refractivity contribution >= 4 is 22.6 Å². The predicted molar refractivity (Wildman–Crippen MR) is 106 cm³/mol. The van der Waals surface area contributed by atoms with Gasteiger partial charge >= 0.3 is 0 Å². The number of amides is 2. The summed E-state index contributed by atoms with van der Waals surface area (Å²) in [5.74, 6) is 0.737. The molecule has 0 spiro atoms. The lowest BCUT2D eigenvalue weighted by atomic mass is 9.91. The Morgan fingerprint density at radius 2 is 1.41 bits per heavy atom. The second-order valence-corrected chi connectivity index (χ2v) is 6.92. The van der Waals surface area contributed by atoms with Gasteiger partial charge in [0.1, 0.15) is 11.5 Å². The van der Waals surface area contributed by atoms with Gasteiger partial charge in [-0.05, 0) is 37.1 Å². The van der Waals surface area contributed by atoms with Crippen LogP contribution in [0.1, 0.15) is 66.7 Å². The van der Waals surface area contributed by atoms with Gasteiger partial charge in [0.15, 0.2) is 0 Å². The van der Waals surface area contributed by atoms with Crippen LogP contribution in [0.3, 0.4) is 0 Å². The van der Waals surface area contributed by atoms with Crippen LogP contribution in [-0.4, -0.2) is 37.0 Å². The number of rotatable bonds is 8. The number of nitrogens with zero attached hydrogens (tertiary/aromatic N) is 1. The number of carbonyl (C=O) groups excluding carboxylic acids is 2. The monoisotopic (exact) mass is 369 g/mol. The standard InChI is InChI=1S/C22H27NO4/c1-5-7-8-9-14(6-2)23-21(24)15-10-12-17(26-3)20-18(27-4)13-11-16(19(15)20)22(23)25/h10-14H,5-9H2,1-4H3. The highest BCUT2D eigenvalue weighted by molar-refractivity contribution is 6.27. The fourth-order valence-corrected chi connectivity index (χ4v) is 3.96. The first-order chi connectivity index (χ1) is 13.1. The maximum atomic E-state index is 13.3. The molecule has 2 amide bonds. The minimum absolute atomic E-state index is 0.0797. The summed E-state index contributed by atoms with van der Waals surface area (Å²) in [5.41, 5.74) is 1.07. The van der Waals surface area contributed by atoms with Crippen molar-refractivity contribution < 1.29 is 19.1 Å². The van der Waals surface area contributed by atoms with Crippen molar-refractivity contribution in [3.05, 3.63) is 35.4 Å². The van der Waals surface area contributed by atoms with Crippen LogP contribution in [0.15, 0.2) is 24.3 Å². The minimum Gasteiger partial charge on any atom is -0.496 e. The number of carbonyl (C=O) groups is 2. The zero-order valence-corrected chi connectivity index (χ0v) is 16.5. The molecule has 0 aliphatic carbocycles. The molecule has 27 heavy (non-hydrogen) atoms. The van der Waals surface area contributed by atoms with Gasteiger partial charge in [0.25, 0.3) is 11.8 Å². The highest BCUT2D eigenvalue weighted by Gasteiger charge is 2.37. The van der Waals surface area contributed by atoms with Gasteiger partial charge in [-0.2, -0.15) is 0 Å². The van der Waals surface area contributed by atoms with Crippen molar-refractivity contribution in [2.75, 3.05) is 14.2 Å². The van der Waals surface area contributed by atoms with Crippen LogP contribution in [0.25, 0.3) is 10.8 Å². The number of ether oxygens (including phenoxy) is 2. The molecule has 0 saturated carbocycles. The van der Waals surface area contributed by atoms with Gasteiger partial charge in [-0.25, -0.2) is 0 Å². The molecule has 0 saturated heterocycles. The van der Waals surface area contributed by atoms with Crippen molar-refractivity contribution in [1.29, 1.82) is 0 Å². The van der Waals surface area contributed by atoms with Crippen LogP contribution in [-0.2, 0) is 0 Å². The van der Waals surface area contributed by atoms with Crippen LogP contribution in [0.2, 0.25) is 0 Å². The Labute approximate surface area is 160 Å². The molecule has 3 rings (SSSR count). The van der Waals surface area contributed by atoms with E-state index < -0.39 is 0 Å². The highest BCUT2D eigenvalue weighted by atomic mass is 16.5. The zero-order chi connectivity index (χ0) is 19.6. The normalized spacial score (nSPS) is 14.6. The Morgan fingerprint density at radius 1 is 0.852 bits per heavy atom. The molecular weight excluding hydrogens is 342 g/mol. The third-order valence-corrected chi connectivity index (χ3v) is 5.40. The quantitative estimate of drug-likeness (QED) is 0.495. The van der Waals surface area contributed by atoms with E-state index in [0.717, 1.165) is 32.1 Å². The lowest BCUT2D eigenvalue weighted by Gasteiger charge is -2.34. The van der Waals surface area contributed by atoms with Crippen molar-refractivity contribution in [3.63, 3.8) is 0 Å². The summed E-state index contributed by atoms with van der Waals surface area (Å²) in [5, 5.41) is 1.30. The molecule has 1 aliphatic rings. The Kier molecular flexibility index (Phi) is 5.68. The molecule has 0 aromatic heterocycles. The van der Waals surface area contributed by atoms with Gasteiger partial charge in [0.05, 0.1) is 19.6 Å². The number of imide groups is 1. The van der Waals surface area contributed by atoms with Gasteiger partial charge in [-0.3, -0.25) is 14.5 Å². The molecule has 0 N–H and O–H groups in total. The molecule has 1 atom stereocenters. The Morgan fingerprint density at radius 3 is 1.85 bits per heavy atom. The fourth-order valence-electron chi connectivity index (χ4n) is 3.96. The average Bonchev–Trinajstić information content (AvgIpc) is 2.70. The lowest BCUT2D eigenvalue weighted by molar-refractivity contribution is 0.0524. The molecular formula is C22H27NO4. The second-order valence-electron chi connectivity index (χ2n) is 6.92. The maximum absolute atomic E-state index is 13.3. The molecule has 5 nitrogen and oxygen atoms in total. The van der Waals surface area contributed by atoms with E-state index in [4.69, 9.17) is 9.47 Å². The molecule has 0 fully saturated rings. The van der Waals surface area contributed by atoms with Gasteiger partial charge in [0.2, 0.25) is 0 Å². The highest BCUT2D eigenvalue weighted by Crippen LogP contribution is 2.41. The number of hydrogen-bond acceptors (Lipinski definition) is 4. The Hall–Kier alpha value is -2.56. The summed E-state index contributed by atoms with van der Waals surface area (Å²) in [6, 6.07) is 6.97. The third kappa shape index (κ3) is 3.15. The van der Waals surface area contributed by atoms with E-state index in [2.05, 4.69) is 6.92 Å². The van der Waals surface area contributed by atoms with E-state index in [1.165, 1.54) is 4.90 Å². The number of methoxy groups -OCH3 is 2. The summed E-state index contributed by atoms with van der Waals surface area (Å²) in [6.07, 6.45) is 4.82. The number of hydrogen-bond donors (Lipinski definition) is 0. The minimum atomic E-state index is -0.225. The van der Waals surface area contributed by atoms with Crippen LogP contribution < -0.4 is 9.47 Å². The summed E-state index contributed by atoms with van der Waals surface area (Å²) in [7, 11) is 3.15. The first-order valence-corrected chi connectivity index (χ1v) is 9.64. The molecule has 1 heterocycles.